The molecule has 0 radical (unpaired) electrons. The summed E-state index contributed by atoms with van der Waals surface area (Å²) in [6.07, 6.45) is -4.53. The van der Waals surface area contributed by atoms with Gasteiger partial charge in [0.15, 0.2) is 6.61 Å². The van der Waals surface area contributed by atoms with Crippen molar-refractivity contribution in [1.29, 1.82) is 0 Å². The monoisotopic (exact) mass is 394 g/mol. The first-order chi connectivity index (χ1) is 12.8. The van der Waals surface area contributed by atoms with E-state index in [1.165, 1.54) is 11.3 Å². The second-order valence-electron chi connectivity index (χ2n) is 5.52. The highest BCUT2D eigenvalue weighted by molar-refractivity contribution is 7.13. The summed E-state index contributed by atoms with van der Waals surface area (Å²) in [5, 5.41) is 4.05. The largest absolute Gasteiger partial charge is 0.452 e. The van der Waals surface area contributed by atoms with Crippen molar-refractivity contribution in [3.05, 3.63) is 53.4 Å². The van der Waals surface area contributed by atoms with E-state index in [-0.39, 0.29) is 5.56 Å². The molecule has 0 saturated carbocycles. The van der Waals surface area contributed by atoms with E-state index in [0.717, 1.165) is 4.88 Å². The first-order valence-corrected chi connectivity index (χ1v) is 8.66. The molecule has 1 N–H and O–H groups in total. The van der Waals surface area contributed by atoms with E-state index in [1.807, 2.05) is 17.5 Å². The second kappa shape index (κ2) is 7.75. The fourth-order valence-electron chi connectivity index (χ4n) is 2.35. The molecule has 0 aliphatic carbocycles. The number of para-hydroxylation sites is 1. The number of nitrogens with zero attached hydrogens (tertiary/aromatic N) is 1. The Kier molecular flexibility index (Phi) is 5.41. The highest BCUT2D eigenvalue weighted by Gasteiger charge is 2.28. The van der Waals surface area contributed by atoms with E-state index >= 15 is 0 Å². The molecule has 0 spiro atoms. The number of aromatic nitrogens is 1. The Hall–Kier alpha value is -2.94. The number of carbonyl (C=O) groups excluding carboxylic acids is 2. The van der Waals surface area contributed by atoms with E-state index in [1.54, 1.807) is 35.6 Å². The Morgan fingerprint density at radius 2 is 1.93 bits per heavy atom. The van der Waals surface area contributed by atoms with Crippen LogP contribution < -0.4 is 5.32 Å². The number of pyridine rings is 1. The van der Waals surface area contributed by atoms with Crippen LogP contribution in [0.4, 0.5) is 13.2 Å². The number of carbonyl (C=O) groups is 2. The number of ether oxygens (including phenoxy) is 1. The molecule has 140 valence electrons. The van der Waals surface area contributed by atoms with E-state index in [2.05, 4.69) is 4.98 Å². The Morgan fingerprint density at radius 3 is 2.63 bits per heavy atom. The van der Waals surface area contributed by atoms with Crippen LogP contribution in [-0.4, -0.2) is 36.2 Å². The molecule has 3 rings (SSSR count). The molecule has 0 aliphatic rings. The van der Waals surface area contributed by atoms with Crippen molar-refractivity contribution in [1.82, 2.24) is 10.3 Å². The third-order valence-corrected chi connectivity index (χ3v) is 4.42. The zero-order valence-electron chi connectivity index (χ0n) is 13.7. The molecule has 0 fully saturated rings. The van der Waals surface area contributed by atoms with Crippen molar-refractivity contribution in [2.24, 2.45) is 0 Å². The summed E-state index contributed by atoms with van der Waals surface area (Å²) in [6.45, 7) is -2.29. The smallest absolute Gasteiger partial charge is 0.405 e. The summed E-state index contributed by atoms with van der Waals surface area (Å²) in [5.74, 6) is -1.84. The van der Waals surface area contributed by atoms with Crippen molar-refractivity contribution in [3.8, 4) is 10.6 Å². The highest BCUT2D eigenvalue weighted by Crippen LogP contribution is 2.28. The SMILES string of the molecule is O=C(COC(=O)c1cc(-c2cccs2)nc2ccccc12)NCC(F)(F)F. The van der Waals surface area contributed by atoms with Crippen molar-refractivity contribution in [2.75, 3.05) is 13.2 Å². The summed E-state index contributed by atoms with van der Waals surface area (Å²) in [5.41, 5.74) is 1.32. The van der Waals surface area contributed by atoms with Crippen LogP contribution in [0.2, 0.25) is 0 Å². The van der Waals surface area contributed by atoms with Crippen molar-refractivity contribution < 1.29 is 27.5 Å². The lowest BCUT2D eigenvalue weighted by Gasteiger charge is -2.10. The van der Waals surface area contributed by atoms with Gasteiger partial charge >= 0.3 is 12.1 Å². The summed E-state index contributed by atoms with van der Waals surface area (Å²) < 4.78 is 41.2. The molecule has 5 nitrogen and oxygen atoms in total. The molecule has 0 unspecified atom stereocenters. The summed E-state index contributed by atoms with van der Waals surface area (Å²) in [6, 6.07) is 12.2. The van der Waals surface area contributed by atoms with Crippen LogP contribution in [0.15, 0.2) is 47.8 Å². The van der Waals surface area contributed by atoms with E-state index in [0.29, 0.717) is 16.6 Å². The van der Waals surface area contributed by atoms with Gasteiger partial charge in [-0.3, -0.25) is 4.79 Å². The molecule has 3 aromatic rings. The van der Waals surface area contributed by atoms with Crippen LogP contribution in [0.25, 0.3) is 21.5 Å². The van der Waals surface area contributed by atoms with Crippen LogP contribution in [0.5, 0.6) is 0 Å². The molecule has 0 saturated heterocycles. The topological polar surface area (TPSA) is 68.3 Å². The van der Waals surface area contributed by atoms with Gasteiger partial charge in [-0.05, 0) is 23.6 Å². The molecule has 1 aromatic carbocycles. The first-order valence-electron chi connectivity index (χ1n) is 7.78. The standard InChI is InChI=1S/C18H13F3N2O3S/c19-18(20,21)10-22-16(24)9-26-17(25)12-8-14(15-6-3-7-27-15)23-13-5-2-1-4-11(12)13/h1-8H,9-10H2,(H,22,24). The number of amides is 1. The van der Waals surface area contributed by atoms with Crippen molar-refractivity contribution >= 4 is 34.1 Å². The maximum atomic E-state index is 12.4. The minimum atomic E-state index is -4.53. The molecule has 9 heteroatoms. The Labute approximate surface area is 155 Å². The van der Waals surface area contributed by atoms with Crippen molar-refractivity contribution in [2.45, 2.75) is 6.18 Å². The number of esters is 1. The third kappa shape index (κ3) is 4.82. The lowest BCUT2D eigenvalue weighted by molar-refractivity contribution is -0.140. The second-order valence-corrected chi connectivity index (χ2v) is 6.47. The maximum absolute atomic E-state index is 12.4. The molecule has 0 bridgehead atoms. The minimum absolute atomic E-state index is 0.188. The maximum Gasteiger partial charge on any atom is 0.405 e. The predicted octanol–water partition coefficient (Wildman–Crippen LogP) is 3.80. The normalized spacial score (nSPS) is 11.4. The zero-order valence-corrected chi connectivity index (χ0v) is 14.6. The quantitative estimate of drug-likeness (QED) is 0.669. The molecular formula is C18H13F3N2O3S. The molecule has 0 atom stereocenters. The van der Waals surface area contributed by atoms with Gasteiger partial charge in [0.25, 0.3) is 5.91 Å². The average Bonchev–Trinajstić information content (AvgIpc) is 3.17. The van der Waals surface area contributed by atoms with Gasteiger partial charge in [0.1, 0.15) is 6.54 Å². The van der Waals surface area contributed by atoms with Gasteiger partial charge in [-0.1, -0.05) is 24.3 Å². The lowest BCUT2D eigenvalue weighted by Crippen LogP contribution is -2.36. The van der Waals surface area contributed by atoms with Crippen LogP contribution in [0.1, 0.15) is 10.4 Å². The van der Waals surface area contributed by atoms with Gasteiger partial charge in [-0.15, -0.1) is 11.3 Å². The number of halogens is 3. The molecule has 27 heavy (non-hydrogen) atoms. The molecular weight excluding hydrogens is 381 g/mol. The fraction of sp³-hybridized carbons (Fsp3) is 0.167. The van der Waals surface area contributed by atoms with Gasteiger partial charge in [-0.2, -0.15) is 13.2 Å². The number of nitrogens with one attached hydrogen (secondary N) is 1. The Bertz CT molecular complexity index is 972. The number of alkyl halides is 3. The van der Waals surface area contributed by atoms with Gasteiger partial charge in [0.2, 0.25) is 0 Å². The molecule has 0 aliphatic heterocycles. The number of thiophene rings is 1. The third-order valence-electron chi connectivity index (χ3n) is 3.53. The van der Waals surface area contributed by atoms with Crippen molar-refractivity contribution in [3.63, 3.8) is 0 Å². The number of fused-ring (bicyclic) bond motifs is 1. The highest BCUT2D eigenvalue weighted by atomic mass is 32.1. The average molecular weight is 394 g/mol. The summed E-state index contributed by atoms with van der Waals surface area (Å²) in [4.78, 5) is 29.2. The Balaban J connectivity index is 1.80. The molecule has 2 aromatic heterocycles. The molecule has 1 amide bonds. The van der Waals surface area contributed by atoms with Crippen LogP contribution in [0, 0.1) is 0 Å². The number of hydrogen-bond acceptors (Lipinski definition) is 5. The minimum Gasteiger partial charge on any atom is -0.452 e. The van der Waals surface area contributed by atoms with Crippen LogP contribution >= 0.6 is 11.3 Å². The summed E-state index contributed by atoms with van der Waals surface area (Å²) >= 11 is 1.45. The van der Waals surface area contributed by atoms with Gasteiger partial charge in [0.05, 0.1) is 21.7 Å². The molecule has 2 heterocycles. The van der Waals surface area contributed by atoms with E-state index < -0.39 is 31.2 Å². The summed E-state index contributed by atoms with van der Waals surface area (Å²) in [7, 11) is 0. The Morgan fingerprint density at radius 1 is 1.15 bits per heavy atom. The first kappa shape index (κ1) is 18.8. The van der Waals surface area contributed by atoms with Gasteiger partial charge in [-0.25, -0.2) is 9.78 Å². The van der Waals surface area contributed by atoms with Gasteiger partial charge < -0.3 is 10.1 Å². The number of rotatable bonds is 5. The van der Waals surface area contributed by atoms with E-state index in [4.69, 9.17) is 4.74 Å². The van der Waals surface area contributed by atoms with Crippen LogP contribution in [-0.2, 0) is 9.53 Å². The fourth-order valence-corrected chi connectivity index (χ4v) is 3.04. The lowest BCUT2D eigenvalue weighted by atomic mass is 10.1. The van der Waals surface area contributed by atoms with Gasteiger partial charge in [0, 0.05) is 5.39 Å². The predicted molar refractivity (Wildman–Crippen MR) is 94.4 cm³/mol. The van der Waals surface area contributed by atoms with E-state index in [9.17, 15) is 22.8 Å². The number of benzene rings is 1. The number of hydrogen-bond donors (Lipinski definition) is 1. The zero-order chi connectivity index (χ0) is 19.4. The van der Waals surface area contributed by atoms with Crippen LogP contribution in [0.3, 0.4) is 0 Å².